The van der Waals surface area contributed by atoms with Crippen LogP contribution in [0.5, 0.6) is 0 Å². The van der Waals surface area contributed by atoms with E-state index in [2.05, 4.69) is 43.0 Å². The number of imidazole rings is 1. The van der Waals surface area contributed by atoms with E-state index in [-0.39, 0.29) is 17.9 Å². The van der Waals surface area contributed by atoms with Crippen LogP contribution in [0.1, 0.15) is 39.6 Å². The summed E-state index contributed by atoms with van der Waals surface area (Å²) in [7, 11) is 0. The second-order valence-corrected chi connectivity index (χ2v) is 7.32. The molecule has 0 fully saturated rings. The normalized spacial score (nSPS) is 12.9. The highest BCUT2D eigenvalue weighted by Gasteiger charge is 2.23. The quantitative estimate of drug-likeness (QED) is 0.700. The lowest BCUT2D eigenvalue weighted by Gasteiger charge is -2.22. The monoisotopic (exact) mass is 338 g/mol. The van der Waals surface area contributed by atoms with E-state index in [0.29, 0.717) is 5.92 Å². The first kappa shape index (κ1) is 17.3. The third-order valence-electron chi connectivity index (χ3n) is 4.25. The van der Waals surface area contributed by atoms with Crippen molar-refractivity contribution in [1.29, 1.82) is 0 Å². The Balaban J connectivity index is 1.80. The van der Waals surface area contributed by atoms with Crippen LogP contribution < -0.4 is 5.32 Å². The molecule has 0 spiro atoms. The molecule has 3 rings (SSSR count). The van der Waals surface area contributed by atoms with Crippen LogP contribution >= 0.6 is 0 Å². The largest absolute Gasteiger partial charge is 0.342 e. The number of aromatic amines is 1. The Labute approximate surface area is 148 Å². The minimum absolute atomic E-state index is 0.00697. The van der Waals surface area contributed by atoms with Gasteiger partial charge in [-0.25, -0.2) is 4.98 Å². The highest BCUT2D eigenvalue weighted by atomic mass is 16.2. The van der Waals surface area contributed by atoms with Crippen LogP contribution in [0.25, 0.3) is 11.0 Å². The summed E-state index contributed by atoms with van der Waals surface area (Å²) in [6.45, 7) is 8.46. The van der Waals surface area contributed by atoms with Crippen molar-refractivity contribution in [3.05, 3.63) is 48.5 Å². The molecule has 0 aliphatic carbocycles. The van der Waals surface area contributed by atoms with Gasteiger partial charge in [0.25, 0.3) is 0 Å². The number of hydrogen-bond donors (Lipinski definition) is 2. The molecule has 3 aromatic rings. The molecule has 0 saturated carbocycles. The van der Waals surface area contributed by atoms with Crippen molar-refractivity contribution in [2.24, 2.45) is 11.8 Å². The van der Waals surface area contributed by atoms with Crippen LogP contribution in [-0.4, -0.2) is 20.4 Å². The van der Waals surface area contributed by atoms with Gasteiger partial charge >= 0.3 is 0 Å². The zero-order chi connectivity index (χ0) is 18.0. The number of fused-ring (bicyclic) bond motifs is 1. The average Bonchev–Trinajstić information content (AvgIpc) is 3.15. The molecule has 2 N–H and O–H groups in total. The summed E-state index contributed by atoms with van der Waals surface area (Å²) < 4.78 is 1.95. The minimum Gasteiger partial charge on any atom is -0.342 e. The summed E-state index contributed by atoms with van der Waals surface area (Å²) in [4.78, 5) is 20.7. The van der Waals surface area contributed by atoms with E-state index >= 15 is 0 Å². The van der Waals surface area contributed by atoms with Gasteiger partial charge in [-0.2, -0.15) is 0 Å². The molecule has 5 heteroatoms. The molecule has 0 aliphatic rings. The van der Waals surface area contributed by atoms with Crippen molar-refractivity contribution in [2.75, 3.05) is 5.32 Å². The fourth-order valence-electron chi connectivity index (χ4n) is 3.16. The molecule has 2 heterocycles. The van der Waals surface area contributed by atoms with Gasteiger partial charge in [-0.3, -0.25) is 4.79 Å². The van der Waals surface area contributed by atoms with Crippen LogP contribution in [0.3, 0.4) is 0 Å². The second kappa shape index (κ2) is 7.13. The van der Waals surface area contributed by atoms with Gasteiger partial charge in [0.1, 0.15) is 11.9 Å². The summed E-state index contributed by atoms with van der Waals surface area (Å²) in [6.07, 6.45) is 4.78. The van der Waals surface area contributed by atoms with Crippen LogP contribution in [-0.2, 0) is 11.2 Å². The number of H-pyrrole nitrogens is 1. The van der Waals surface area contributed by atoms with Crippen LogP contribution in [0.15, 0.2) is 42.7 Å². The number of carbonyl (C=O) groups is 1. The molecule has 25 heavy (non-hydrogen) atoms. The summed E-state index contributed by atoms with van der Waals surface area (Å²) >= 11 is 0. The van der Waals surface area contributed by atoms with E-state index in [9.17, 15) is 4.79 Å². The molecule has 1 atom stereocenters. The first-order valence-corrected chi connectivity index (χ1v) is 8.86. The fraction of sp³-hybridized carbons (Fsp3) is 0.400. The molecule has 132 valence electrons. The zero-order valence-corrected chi connectivity index (χ0v) is 15.3. The first-order chi connectivity index (χ1) is 11.9. The predicted molar refractivity (Wildman–Crippen MR) is 102 cm³/mol. The van der Waals surface area contributed by atoms with Gasteiger partial charge in [-0.15, -0.1) is 0 Å². The highest BCUT2D eigenvalue weighted by molar-refractivity contribution is 5.95. The highest BCUT2D eigenvalue weighted by Crippen LogP contribution is 2.23. The Bertz CT molecular complexity index is 846. The Morgan fingerprint density at radius 1 is 1.20 bits per heavy atom. The number of hydrogen-bond acceptors (Lipinski definition) is 2. The standard InChI is InChI=1S/C20H26N4O/c1-13(2)11-18-22-16-8-7-15(12-17(16)23-18)21-20(25)19(14(3)4)24-9-5-6-10-24/h5-10,12-14,19H,11H2,1-4H3,(H,21,25)(H,22,23)/t19-/m1/s1. The summed E-state index contributed by atoms with van der Waals surface area (Å²) in [6, 6.07) is 9.46. The maximum absolute atomic E-state index is 12.8. The van der Waals surface area contributed by atoms with Crippen LogP contribution in [0.4, 0.5) is 5.69 Å². The van der Waals surface area contributed by atoms with Gasteiger partial charge in [-0.1, -0.05) is 27.7 Å². The van der Waals surface area contributed by atoms with Crippen molar-refractivity contribution < 1.29 is 4.79 Å². The van der Waals surface area contributed by atoms with E-state index in [4.69, 9.17) is 0 Å². The Hall–Kier alpha value is -2.56. The number of amides is 1. The number of nitrogens with zero attached hydrogens (tertiary/aromatic N) is 2. The molecule has 0 bridgehead atoms. The molecule has 0 unspecified atom stereocenters. The number of rotatable bonds is 6. The molecule has 1 amide bonds. The van der Waals surface area contributed by atoms with Crippen molar-refractivity contribution in [2.45, 2.75) is 40.2 Å². The lowest BCUT2D eigenvalue weighted by molar-refractivity contribution is -0.120. The van der Waals surface area contributed by atoms with Gasteiger partial charge in [0.05, 0.1) is 11.0 Å². The minimum atomic E-state index is -0.232. The average molecular weight is 338 g/mol. The van der Waals surface area contributed by atoms with Gasteiger partial charge in [0.2, 0.25) is 5.91 Å². The Morgan fingerprint density at radius 3 is 2.56 bits per heavy atom. The smallest absolute Gasteiger partial charge is 0.247 e. The Morgan fingerprint density at radius 2 is 1.92 bits per heavy atom. The van der Waals surface area contributed by atoms with Crippen molar-refractivity contribution in [3.63, 3.8) is 0 Å². The molecule has 0 radical (unpaired) electrons. The van der Waals surface area contributed by atoms with Gasteiger partial charge in [0, 0.05) is 24.5 Å². The maximum atomic E-state index is 12.8. The van der Waals surface area contributed by atoms with Gasteiger partial charge in [-0.05, 0) is 42.2 Å². The third-order valence-corrected chi connectivity index (χ3v) is 4.25. The lowest BCUT2D eigenvalue weighted by Crippen LogP contribution is -2.29. The summed E-state index contributed by atoms with van der Waals surface area (Å²) in [5.74, 6) is 1.72. The topological polar surface area (TPSA) is 62.7 Å². The van der Waals surface area contributed by atoms with Crippen molar-refractivity contribution in [3.8, 4) is 0 Å². The molecule has 5 nitrogen and oxygen atoms in total. The van der Waals surface area contributed by atoms with Crippen LogP contribution in [0, 0.1) is 11.8 Å². The van der Waals surface area contributed by atoms with Gasteiger partial charge in [0.15, 0.2) is 0 Å². The summed E-state index contributed by atoms with van der Waals surface area (Å²) in [5, 5.41) is 3.05. The Kier molecular flexibility index (Phi) is 4.93. The first-order valence-electron chi connectivity index (χ1n) is 8.86. The third kappa shape index (κ3) is 3.92. The molecule has 0 saturated heterocycles. The fourth-order valence-corrected chi connectivity index (χ4v) is 3.16. The van der Waals surface area contributed by atoms with Crippen LogP contribution in [0.2, 0.25) is 0 Å². The number of aromatic nitrogens is 3. The lowest BCUT2D eigenvalue weighted by atomic mass is 10.0. The molecular formula is C20H26N4O. The molecule has 2 aromatic heterocycles. The molecule has 1 aromatic carbocycles. The molecule has 0 aliphatic heterocycles. The SMILES string of the molecule is CC(C)Cc1nc2ccc(NC(=O)[C@@H](C(C)C)n3cccc3)cc2[nH]1. The summed E-state index contributed by atoms with van der Waals surface area (Å²) in [5.41, 5.74) is 2.67. The number of carbonyl (C=O) groups excluding carboxylic acids is 1. The van der Waals surface area contributed by atoms with E-state index in [0.717, 1.165) is 29.0 Å². The van der Waals surface area contributed by atoms with E-state index in [1.165, 1.54) is 0 Å². The van der Waals surface area contributed by atoms with Gasteiger partial charge < -0.3 is 14.9 Å². The molecular weight excluding hydrogens is 312 g/mol. The number of benzene rings is 1. The predicted octanol–water partition coefficient (Wildman–Crippen LogP) is 4.40. The van der Waals surface area contributed by atoms with Crippen molar-refractivity contribution >= 4 is 22.6 Å². The van der Waals surface area contributed by atoms with Crippen molar-refractivity contribution in [1.82, 2.24) is 14.5 Å². The van der Waals surface area contributed by atoms with E-state index in [1.54, 1.807) is 0 Å². The maximum Gasteiger partial charge on any atom is 0.247 e. The van der Waals surface area contributed by atoms with E-state index < -0.39 is 0 Å². The number of anilines is 1. The second-order valence-electron chi connectivity index (χ2n) is 7.32. The number of nitrogens with one attached hydrogen (secondary N) is 2. The zero-order valence-electron chi connectivity index (χ0n) is 15.3. The van der Waals surface area contributed by atoms with E-state index in [1.807, 2.05) is 47.3 Å².